The van der Waals surface area contributed by atoms with Gasteiger partial charge in [0.05, 0.1) is 24.6 Å². The Morgan fingerprint density at radius 2 is 1.90 bits per heavy atom. The van der Waals surface area contributed by atoms with Crippen LogP contribution in [0.3, 0.4) is 0 Å². The van der Waals surface area contributed by atoms with Gasteiger partial charge in [-0.25, -0.2) is 23.2 Å². The number of rotatable bonds is 10. The third-order valence-corrected chi connectivity index (χ3v) is 7.28. The van der Waals surface area contributed by atoms with Crippen LogP contribution >= 0.6 is 11.8 Å². The van der Waals surface area contributed by atoms with E-state index in [1.54, 1.807) is 43.6 Å². The summed E-state index contributed by atoms with van der Waals surface area (Å²) in [4.78, 5) is 39.7. The van der Waals surface area contributed by atoms with Crippen LogP contribution in [0.5, 0.6) is 0 Å². The highest BCUT2D eigenvalue weighted by molar-refractivity contribution is 7.98. The fourth-order valence-electron chi connectivity index (χ4n) is 4.32. The number of sulfonamides is 1. The van der Waals surface area contributed by atoms with Gasteiger partial charge in [-0.05, 0) is 45.1 Å². The molecule has 1 aromatic rings. The Morgan fingerprint density at radius 1 is 1.24 bits per heavy atom. The number of carbonyl (C=O) groups excluding carboxylic acids is 2. The van der Waals surface area contributed by atoms with Crippen LogP contribution in [-0.2, 0) is 20.2 Å². The predicted molar refractivity (Wildman–Crippen MR) is 167 cm³/mol. The average Bonchev–Trinajstić information content (AvgIpc) is 2.81. The van der Waals surface area contributed by atoms with Gasteiger partial charge in [0.25, 0.3) is 5.91 Å². The first-order chi connectivity index (χ1) is 18.8. The standard InChI is InChI=1S/C28H48N6O5S2/c1-19(2)16-34(21-14-20(32-41(10,37)38)17-33(18-21)26(36)39-28(6,7)8)24(35)22-15-30-25(27(3,4)5)31-23(22)29-12-11-13-40-9/h15,19,21H,11-14,16-18H2,1-10H3,(H,29,30,31)/b32-20+/t21-/m0/s1. The molecule has 1 aliphatic heterocycles. The lowest BCUT2D eigenvalue weighted by molar-refractivity contribution is 0.0183. The van der Waals surface area contributed by atoms with E-state index in [-0.39, 0.29) is 36.8 Å². The number of thioether (sulfide) groups is 1. The Morgan fingerprint density at radius 3 is 2.44 bits per heavy atom. The number of hydrogen-bond donors (Lipinski definition) is 1. The van der Waals surface area contributed by atoms with Crippen LogP contribution in [0.1, 0.15) is 84.4 Å². The molecule has 2 amide bonds. The minimum absolute atomic E-state index is 0.00777. The van der Waals surface area contributed by atoms with E-state index in [4.69, 9.17) is 9.72 Å². The molecule has 232 valence electrons. The Labute approximate surface area is 250 Å². The SMILES string of the molecule is CSCCCNc1nc(C(C)(C)C)ncc1C(=O)N(CC(C)C)[C@H]1C/C(=N\S(C)(=O)=O)CN(C(=O)OC(C)(C)C)C1. The minimum atomic E-state index is -3.72. The lowest BCUT2D eigenvalue weighted by atomic mass is 9.95. The normalized spacial score (nSPS) is 17.6. The van der Waals surface area contributed by atoms with Crippen molar-refractivity contribution in [3.63, 3.8) is 0 Å². The molecule has 0 spiro atoms. The summed E-state index contributed by atoms with van der Waals surface area (Å²) in [6.07, 6.45) is 5.16. The molecule has 11 nitrogen and oxygen atoms in total. The van der Waals surface area contributed by atoms with Gasteiger partial charge >= 0.3 is 6.09 Å². The molecule has 1 aromatic heterocycles. The first kappa shape index (κ1) is 34.8. The van der Waals surface area contributed by atoms with Crippen molar-refractivity contribution in [1.82, 2.24) is 19.8 Å². The van der Waals surface area contributed by atoms with Gasteiger partial charge in [-0.1, -0.05) is 34.6 Å². The Kier molecular flexibility index (Phi) is 12.0. The highest BCUT2D eigenvalue weighted by Crippen LogP contribution is 2.26. The number of amides is 2. The summed E-state index contributed by atoms with van der Waals surface area (Å²) >= 11 is 1.75. The summed E-state index contributed by atoms with van der Waals surface area (Å²) in [7, 11) is -3.72. The van der Waals surface area contributed by atoms with Crippen molar-refractivity contribution < 1.29 is 22.7 Å². The molecule has 41 heavy (non-hydrogen) atoms. The van der Waals surface area contributed by atoms with Gasteiger partial charge < -0.3 is 19.9 Å². The van der Waals surface area contributed by atoms with Crippen molar-refractivity contribution in [2.45, 2.75) is 85.3 Å². The molecule has 1 saturated heterocycles. The molecule has 0 unspecified atom stereocenters. The van der Waals surface area contributed by atoms with E-state index in [1.165, 1.54) is 4.90 Å². The summed E-state index contributed by atoms with van der Waals surface area (Å²) < 4.78 is 33.7. The van der Waals surface area contributed by atoms with Crippen molar-refractivity contribution in [3.05, 3.63) is 17.6 Å². The van der Waals surface area contributed by atoms with Crippen molar-refractivity contribution >= 4 is 45.3 Å². The lowest BCUT2D eigenvalue weighted by Crippen LogP contribution is -2.56. The average molecular weight is 613 g/mol. The first-order valence-electron chi connectivity index (χ1n) is 14.0. The number of anilines is 1. The second-order valence-electron chi connectivity index (χ2n) is 12.9. The molecular weight excluding hydrogens is 564 g/mol. The molecule has 2 heterocycles. The molecule has 1 aliphatic rings. The molecule has 1 N–H and O–H groups in total. The topological polar surface area (TPSA) is 134 Å². The van der Waals surface area contributed by atoms with Crippen molar-refractivity contribution in [3.8, 4) is 0 Å². The number of ether oxygens (including phenoxy) is 1. The summed E-state index contributed by atoms with van der Waals surface area (Å²) in [5.74, 6) is 1.86. The van der Waals surface area contributed by atoms with Gasteiger partial charge in [-0.3, -0.25) is 4.79 Å². The van der Waals surface area contributed by atoms with Crippen LogP contribution in [0.2, 0.25) is 0 Å². The zero-order chi connectivity index (χ0) is 31.2. The molecule has 0 aromatic carbocycles. The quantitative estimate of drug-likeness (QED) is 0.380. The van der Waals surface area contributed by atoms with Crippen LogP contribution in [0.25, 0.3) is 0 Å². The van der Waals surface area contributed by atoms with Crippen molar-refractivity contribution in [2.75, 3.05) is 49.8 Å². The van der Waals surface area contributed by atoms with E-state index in [2.05, 4.69) is 14.7 Å². The molecule has 0 bridgehead atoms. The van der Waals surface area contributed by atoms with E-state index < -0.39 is 27.8 Å². The Bertz CT molecular complexity index is 1210. The Hall–Kier alpha value is -2.41. The summed E-state index contributed by atoms with van der Waals surface area (Å²) in [6, 6.07) is -0.529. The first-order valence-corrected chi connectivity index (χ1v) is 17.2. The monoisotopic (exact) mass is 612 g/mol. The molecule has 0 radical (unpaired) electrons. The Balaban J connectivity index is 2.55. The number of aromatic nitrogens is 2. The zero-order valence-electron chi connectivity index (χ0n) is 26.3. The number of likely N-dealkylation sites (tertiary alicyclic amines) is 1. The maximum atomic E-state index is 14.3. The zero-order valence-corrected chi connectivity index (χ0v) is 27.9. The van der Waals surface area contributed by atoms with E-state index in [0.29, 0.717) is 36.0 Å². The van der Waals surface area contributed by atoms with Gasteiger partial charge in [0.15, 0.2) is 0 Å². The number of nitrogens with zero attached hydrogens (tertiary/aromatic N) is 5. The van der Waals surface area contributed by atoms with E-state index in [0.717, 1.165) is 18.4 Å². The molecular formula is C28H48N6O5S2. The molecule has 0 saturated carbocycles. The second kappa shape index (κ2) is 14.2. The number of carbonyl (C=O) groups is 2. The van der Waals surface area contributed by atoms with E-state index in [9.17, 15) is 18.0 Å². The molecule has 1 atom stereocenters. The van der Waals surface area contributed by atoms with E-state index in [1.807, 2.05) is 40.9 Å². The summed E-state index contributed by atoms with van der Waals surface area (Å²) in [5, 5.41) is 3.35. The second-order valence-corrected chi connectivity index (χ2v) is 15.6. The maximum Gasteiger partial charge on any atom is 0.410 e. The van der Waals surface area contributed by atoms with Gasteiger partial charge in [-0.15, -0.1) is 0 Å². The molecule has 13 heteroatoms. The number of hydrogen-bond acceptors (Lipinski definition) is 9. The van der Waals surface area contributed by atoms with Gasteiger partial charge in [0.1, 0.15) is 22.8 Å². The molecule has 2 rings (SSSR count). The van der Waals surface area contributed by atoms with Crippen LogP contribution in [0.15, 0.2) is 10.6 Å². The lowest BCUT2D eigenvalue weighted by Gasteiger charge is -2.41. The van der Waals surface area contributed by atoms with Crippen LogP contribution in [0.4, 0.5) is 10.6 Å². The van der Waals surface area contributed by atoms with Gasteiger partial charge in [0, 0.05) is 37.7 Å². The van der Waals surface area contributed by atoms with Gasteiger partial charge in [0.2, 0.25) is 10.0 Å². The van der Waals surface area contributed by atoms with Crippen LogP contribution in [-0.4, -0.2) is 102 Å². The van der Waals surface area contributed by atoms with Gasteiger partial charge in [-0.2, -0.15) is 16.2 Å². The minimum Gasteiger partial charge on any atom is -0.444 e. The van der Waals surface area contributed by atoms with Crippen molar-refractivity contribution in [2.24, 2.45) is 10.3 Å². The predicted octanol–water partition coefficient (Wildman–Crippen LogP) is 4.45. The fourth-order valence-corrected chi connectivity index (χ4v) is 5.35. The molecule has 0 aliphatic carbocycles. The highest BCUT2D eigenvalue weighted by atomic mass is 32.2. The van der Waals surface area contributed by atoms with Crippen molar-refractivity contribution in [1.29, 1.82) is 0 Å². The summed E-state index contributed by atoms with van der Waals surface area (Å²) in [6.45, 7) is 16.6. The van der Waals surface area contributed by atoms with Crippen LogP contribution < -0.4 is 5.32 Å². The largest absolute Gasteiger partial charge is 0.444 e. The third kappa shape index (κ3) is 11.4. The summed E-state index contributed by atoms with van der Waals surface area (Å²) in [5.41, 5.74) is -0.428. The van der Waals surface area contributed by atoms with E-state index >= 15 is 0 Å². The third-order valence-electron chi connectivity index (χ3n) is 5.99. The number of nitrogens with one attached hydrogen (secondary N) is 1. The molecule has 1 fully saturated rings. The van der Waals surface area contributed by atoms with Crippen LogP contribution in [0, 0.1) is 5.92 Å². The highest BCUT2D eigenvalue weighted by Gasteiger charge is 2.37. The number of piperidine rings is 1. The smallest absolute Gasteiger partial charge is 0.410 e. The fraction of sp³-hybridized carbons (Fsp3) is 0.750. The maximum absolute atomic E-state index is 14.3.